The Kier molecular flexibility index (Phi) is 4.14. The number of hydrogen-bond acceptors (Lipinski definition) is 4. The highest BCUT2D eigenvalue weighted by Crippen LogP contribution is 2.70. The summed E-state index contributed by atoms with van der Waals surface area (Å²) in [6, 6.07) is 1.94. The normalized spacial score (nSPS) is 43.1. The van der Waals surface area contributed by atoms with E-state index in [0.717, 1.165) is 31.2 Å². The number of esters is 1. The number of hydrogen-bond donors (Lipinski definition) is 0. The van der Waals surface area contributed by atoms with E-state index in [4.69, 9.17) is 9.15 Å². The molecule has 3 fully saturated rings. The summed E-state index contributed by atoms with van der Waals surface area (Å²) in [4.78, 5) is 25.1. The van der Waals surface area contributed by atoms with Gasteiger partial charge in [0.1, 0.15) is 11.9 Å². The van der Waals surface area contributed by atoms with E-state index < -0.39 is 0 Å². The average molecular weight is 373 g/mol. The van der Waals surface area contributed by atoms with Crippen molar-refractivity contribution in [3.05, 3.63) is 24.2 Å². The van der Waals surface area contributed by atoms with Gasteiger partial charge >= 0.3 is 5.97 Å². The standard InChI is InChI=1S/C23H32O4/c1-14(24)27-19-7-9-21(2,3)17-6-10-22(4)18(23(17,19)5)12-16(25)20(22)15-8-11-26-13-15/h8,11,13,17-20H,6-7,9-10,12H2,1-5H3/t17-,18-,19+,20+,22-,23-/m1/s1. The zero-order valence-electron chi connectivity index (χ0n) is 17.2. The molecule has 3 saturated carbocycles. The molecule has 6 atom stereocenters. The molecule has 0 spiro atoms. The highest BCUT2D eigenvalue weighted by molar-refractivity contribution is 5.89. The van der Waals surface area contributed by atoms with Crippen LogP contribution in [0.4, 0.5) is 0 Å². The molecule has 27 heavy (non-hydrogen) atoms. The van der Waals surface area contributed by atoms with E-state index in [1.807, 2.05) is 6.07 Å². The van der Waals surface area contributed by atoms with Gasteiger partial charge in [0.15, 0.2) is 0 Å². The maximum Gasteiger partial charge on any atom is 0.302 e. The molecule has 0 amide bonds. The van der Waals surface area contributed by atoms with Crippen LogP contribution in [-0.4, -0.2) is 17.9 Å². The number of ether oxygens (including phenoxy) is 1. The molecule has 4 rings (SSSR count). The molecule has 0 saturated heterocycles. The van der Waals surface area contributed by atoms with Crippen LogP contribution in [0.2, 0.25) is 0 Å². The zero-order chi connectivity index (χ0) is 19.6. The Morgan fingerprint density at radius 1 is 1.15 bits per heavy atom. The Hall–Kier alpha value is -1.58. The molecule has 1 heterocycles. The molecule has 3 aliphatic rings. The van der Waals surface area contributed by atoms with Crippen molar-refractivity contribution in [2.75, 3.05) is 0 Å². The molecule has 0 aromatic carbocycles. The number of fused-ring (bicyclic) bond motifs is 3. The Morgan fingerprint density at radius 2 is 1.89 bits per heavy atom. The van der Waals surface area contributed by atoms with E-state index in [1.165, 1.54) is 6.92 Å². The second-order valence-electron chi connectivity index (χ2n) is 10.3. The van der Waals surface area contributed by atoms with Gasteiger partial charge in [-0.2, -0.15) is 0 Å². The van der Waals surface area contributed by atoms with E-state index in [0.29, 0.717) is 18.1 Å². The number of Topliss-reactive ketones (excluding diaryl/α,β-unsaturated/α-hetero) is 1. The first-order chi connectivity index (χ1) is 12.6. The lowest BCUT2D eigenvalue weighted by Gasteiger charge is -2.63. The molecular weight excluding hydrogens is 340 g/mol. The largest absolute Gasteiger partial charge is 0.472 e. The number of ketones is 1. The van der Waals surface area contributed by atoms with Gasteiger partial charge in [-0.05, 0) is 54.4 Å². The first-order valence-corrected chi connectivity index (χ1v) is 10.3. The molecule has 0 radical (unpaired) electrons. The summed E-state index contributed by atoms with van der Waals surface area (Å²) in [7, 11) is 0. The third kappa shape index (κ3) is 2.55. The van der Waals surface area contributed by atoms with E-state index in [1.54, 1.807) is 12.5 Å². The lowest BCUT2D eigenvalue weighted by molar-refractivity contribution is -0.203. The van der Waals surface area contributed by atoms with Crippen LogP contribution in [0.25, 0.3) is 0 Å². The zero-order valence-corrected chi connectivity index (χ0v) is 17.2. The maximum atomic E-state index is 13.2. The molecule has 1 aromatic rings. The summed E-state index contributed by atoms with van der Waals surface area (Å²) in [5.74, 6) is 0.678. The molecule has 3 aliphatic carbocycles. The summed E-state index contributed by atoms with van der Waals surface area (Å²) < 4.78 is 11.2. The van der Waals surface area contributed by atoms with Gasteiger partial charge in [-0.1, -0.05) is 27.7 Å². The lowest BCUT2D eigenvalue weighted by atomic mass is 9.42. The average Bonchev–Trinajstić information content (AvgIpc) is 3.16. The fourth-order valence-corrected chi connectivity index (χ4v) is 7.44. The number of carbonyl (C=O) groups excluding carboxylic acids is 2. The molecule has 0 bridgehead atoms. The first-order valence-electron chi connectivity index (χ1n) is 10.3. The van der Waals surface area contributed by atoms with Gasteiger partial charge in [0.05, 0.1) is 18.4 Å². The molecule has 0 N–H and O–H groups in total. The topological polar surface area (TPSA) is 56.5 Å². The second kappa shape index (κ2) is 5.96. The predicted molar refractivity (Wildman–Crippen MR) is 102 cm³/mol. The van der Waals surface area contributed by atoms with Gasteiger partial charge in [0, 0.05) is 24.3 Å². The molecule has 4 nitrogen and oxygen atoms in total. The second-order valence-corrected chi connectivity index (χ2v) is 10.3. The summed E-state index contributed by atoms with van der Waals surface area (Å²) in [5.41, 5.74) is 0.918. The monoisotopic (exact) mass is 372 g/mol. The van der Waals surface area contributed by atoms with Gasteiger partial charge in [-0.15, -0.1) is 0 Å². The van der Waals surface area contributed by atoms with Gasteiger partial charge in [-0.25, -0.2) is 0 Å². The van der Waals surface area contributed by atoms with Crippen molar-refractivity contribution in [1.29, 1.82) is 0 Å². The van der Waals surface area contributed by atoms with E-state index in [9.17, 15) is 9.59 Å². The molecule has 0 unspecified atom stereocenters. The minimum Gasteiger partial charge on any atom is -0.472 e. The maximum absolute atomic E-state index is 13.2. The summed E-state index contributed by atoms with van der Waals surface area (Å²) in [5, 5.41) is 0. The molecule has 0 aliphatic heterocycles. The Balaban J connectivity index is 1.80. The Labute approximate surface area is 162 Å². The molecular formula is C23H32O4. The first kappa shape index (κ1) is 18.8. The number of furan rings is 1. The van der Waals surface area contributed by atoms with Crippen molar-refractivity contribution >= 4 is 11.8 Å². The third-order valence-electron chi connectivity index (χ3n) is 8.53. The van der Waals surface area contributed by atoms with Crippen molar-refractivity contribution in [2.24, 2.45) is 28.1 Å². The fraction of sp³-hybridized carbons (Fsp3) is 0.739. The quantitative estimate of drug-likeness (QED) is 0.676. The van der Waals surface area contributed by atoms with Crippen LogP contribution >= 0.6 is 0 Å². The molecule has 4 heteroatoms. The van der Waals surface area contributed by atoms with Gasteiger partial charge in [0.2, 0.25) is 0 Å². The minimum atomic E-state index is -0.206. The number of carbonyl (C=O) groups is 2. The van der Waals surface area contributed by atoms with E-state index in [-0.39, 0.29) is 40.2 Å². The minimum absolute atomic E-state index is 0.103. The fourth-order valence-electron chi connectivity index (χ4n) is 7.44. The van der Waals surface area contributed by atoms with Crippen molar-refractivity contribution in [3.8, 4) is 0 Å². The van der Waals surface area contributed by atoms with Gasteiger partial charge < -0.3 is 9.15 Å². The molecule has 1 aromatic heterocycles. The smallest absolute Gasteiger partial charge is 0.302 e. The predicted octanol–water partition coefficient (Wildman–Crippen LogP) is 5.13. The van der Waals surface area contributed by atoms with Crippen LogP contribution in [0, 0.1) is 28.1 Å². The lowest BCUT2D eigenvalue weighted by Crippen LogP contribution is -2.60. The third-order valence-corrected chi connectivity index (χ3v) is 8.53. The van der Waals surface area contributed by atoms with E-state index in [2.05, 4.69) is 27.7 Å². The van der Waals surface area contributed by atoms with Crippen molar-refractivity contribution in [2.45, 2.75) is 78.7 Å². The highest BCUT2D eigenvalue weighted by atomic mass is 16.5. The summed E-state index contributed by atoms with van der Waals surface area (Å²) >= 11 is 0. The van der Waals surface area contributed by atoms with Crippen LogP contribution in [-0.2, 0) is 14.3 Å². The number of rotatable bonds is 2. The SMILES string of the molecule is CC(=O)O[C@H]1CCC(C)(C)[C@H]2CC[C@@]3(C)[C@@H](c4ccoc4)C(=O)C[C@H]3[C@]12C. The van der Waals surface area contributed by atoms with Crippen LogP contribution < -0.4 is 0 Å². The highest BCUT2D eigenvalue weighted by Gasteiger charge is 2.68. The van der Waals surface area contributed by atoms with Crippen molar-refractivity contribution in [3.63, 3.8) is 0 Å². The van der Waals surface area contributed by atoms with Crippen molar-refractivity contribution < 1.29 is 18.7 Å². The summed E-state index contributed by atoms with van der Waals surface area (Å²) in [6.07, 6.45) is 7.94. The van der Waals surface area contributed by atoms with Crippen LogP contribution in [0.1, 0.15) is 78.2 Å². The van der Waals surface area contributed by atoms with Crippen LogP contribution in [0.3, 0.4) is 0 Å². The van der Waals surface area contributed by atoms with Crippen LogP contribution in [0.15, 0.2) is 23.0 Å². The Morgan fingerprint density at radius 3 is 2.52 bits per heavy atom. The van der Waals surface area contributed by atoms with Gasteiger partial charge in [-0.3, -0.25) is 9.59 Å². The van der Waals surface area contributed by atoms with Crippen molar-refractivity contribution in [1.82, 2.24) is 0 Å². The van der Waals surface area contributed by atoms with Crippen LogP contribution in [0.5, 0.6) is 0 Å². The summed E-state index contributed by atoms with van der Waals surface area (Å²) in [6.45, 7) is 10.8. The molecule has 148 valence electrons. The Bertz CT molecular complexity index is 748. The van der Waals surface area contributed by atoms with Gasteiger partial charge in [0.25, 0.3) is 0 Å². The van der Waals surface area contributed by atoms with E-state index >= 15 is 0 Å².